The van der Waals surface area contributed by atoms with Crippen molar-refractivity contribution in [3.05, 3.63) is 69.0 Å². The van der Waals surface area contributed by atoms with Crippen molar-refractivity contribution in [3.8, 4) is 0 Å². The molecule has 0 fully saturated rings. The fourth-order valence-electron chi connectivity index (χ4n) is 2.34. The van der Waals surface area contributed by atoms with E-state index >= 15 is 0 Å². The summed E-state index contributed by atoms with van der Waals surface area (Å²) in [4.78, 5) is 21.3. The summed E-state index contributed by atoms with van der Waals surface area (Å²) >= 11 is 12.2. The number of nitrogens with zero attached hydrogens (tertiary/aromatic N) is 2. The summed E-state index contributed by atoms with van der Waals surface area (Å²) in [5, 5.41) is 3.88. The summed E-state index contributed by atoms with van der Waals surface area (Å²) in [6.45, 7) is 4.07. The van der Waals surface area contributed by atoms with Crippen molar-refractivity contribution in [2.45, 2.75) is 20.4 Å². The molecule has 0 atom stereocenters. The molecule has 2 aromatic carbocycles. The number of hydrogen-bond donors (Lipinski definition) is 1. The molecule has 3 aromatic rings. The van der Waals surface area contributed by atoms with Crippen LogP contribution in [-0.4, -0.2) is 15.9 Å². The zero-order valence-corrected chi connectivity index (χ0v) is 14.7. The van der Waals surface area contributed by atoms with E-state index in [1.54, 1.807) is 36.4 Å². The van der Waals surface area contributed by atoms with Crippen molar-refractivity contribution in [2.24, 2.45) is 0 Å². The van der Waals surface area contributed by atoms with Gasteiger partial charge >= 0.3 is 0 Å². The monoisotopic (exact) mass is 359 g/mol. The minimum Gasteiger partial charge on any atom is -0.348 e. The first-order valence-electron chi connectivity index (χ1n) is 7.42. The Balaban J connectivity index is 1.82. The Hall–Kier alpha value is -2.17. The quantitative estimate of drug-likeness (QED) is 0.749. The topological polar surface area (TPSA) is 54.9 Å². The molecule has 6 heteroatoms. The van der Waals surface area contributed by atoms with Crippen LogP contribution in [-0.2, 0) is 6.54 Å². The van der Waals surface area contributed by atoms with Gasteiger partial charge in [-0.25, -0.2) is 9.97 Å². The second kappa shape index (κ2) is 6.75. The molecule has 0 radical (unpaired) electrons. The maximum Gasteiger partial charge on any atom is 0.251 e. The highest BCUT2D eigenvalue weighted by Crippen LogP contribution is 2.24. The standard InChI is InChI=1S/C18H15Cl2N3O/c1-10-11(2)23-17-8-12(6-7-16(17)22-10)18(24)21-9-13-14(19)4-3-5-15(13)20/h3-8H,9H2,1-2H3,(H,21,24). The molecule has 0 aliphatic carbocycles. The minimum absolute atomic E-state index is 0.215. The van der Waals surface area contributed by atoms with Crippen LogP contribution in [0.2, 0.25) is 10.0 Å². The zero-order chi connectivity index (χ0) is 17.3. The van der Waals surface area contributed by atoms with Gasteiger partial charge in [0, 0.05) is 27.7 Å². The zero-order valence-electron chi connectivity index (χ0n) is 13.2. The van der Waals surface area contributed by atoms with E-state index < -0.39 is 0 Å². The first kappa shape index (κ1) is 16.7. The number of rotatable bonds is 3. The first-order valence-corrected chi connectivity index (χ1v) is 8.17. The van der Waals surface area contributed by atoms with Crippen molar-refractivity contribution < 1.29 is 4.79 Å². The van der Waals surface area contributed by atoms with Gasteiger partial charge in [0.15, 0.2) is 0 Å². The van der Waals surface area contributed by atoms with Crippen LogP contribution in [0, 0.1) is 13.8 Å². The van der Waals surface area contributed by atoms with Crippen LogP contribution in [0.3, 0.4) is 0 Å². The number of aryl methyl sites for hydroxylation is 2. The highest BCUT2D eigenvalue weighted by atomic mass is 35.5. The highest BCUT2D eigenvalue weighted by molar-refractivity contribution is 6.36. The lowest BCUT2D eigenvalue weighted by Crippen LogP contribution is -2.23. The number of benzene rings is 2. The number of carbonyl (C=O) groups is 1. The molecule has 4 nitrogen and oxygen atoms in total. The van der Waals surface area contributed by atoms with Crippen molar-refractivity contribution in [1.29, 1.82) is 0 Å². The predicted octanol–water partition coefficient (Wildman–Crippen LogP) is 4.48. The highest BCUT2D eigenvalue weighted by Gasteiger charge is 2.11. The molecule has 0 saturated heterocycles. The minimum atomic E-state index is -0.215. The van der Waals surface area contributed by atoms with E-state index in [9.17, 15) is 4.79 Å². The third kappa shape index (κ3) is 3.35. The molecule has 1 heterocycles. The molecule has 0 unspecified atom stereocenters. The number of fused-ring (bicyclic) bond motifs is 1. The van der Waals surface area contributed by atoms with E-state index in [-0.39, 0.29) is 12.5 Å². The number of carbonyl (C=O) groups excluding carboxylic acids is 1. The summed E-state index contributed by atoms with van der Waals surface area (Å²) in [6.07, 6.45) is 0. The summed E-state index contributed by atoms with van der Waals surface area (Å²) < 4.78 is 0. The van der Waals surface area contributed by atoms with Gasteiger partial charge in [-0.2, -0.15) is 0 Å². The van der Waals surface area contributed by atoms with Crippen molar-refractivity contribution >= 4 is 40.1 Å². The molecule has 1 aromatic heterocycles. The van der Waals surface area contributed by atoms with E-state index in [2.05, 4.69) is 15.3 Å². The van der Waals surface area contributed by atoms with Gasteiger partial charge in [0.25, 0.3) is 5.91 Å². The number of hydrogen-bond acceptors (Lipinski definition) is 3. The van der Waals surface area contributed by atoms with E-state index in [1.165, 1.54) is 0 Å². The van der Waals surface area contributed by atoms with Crippen LogP contribution in [0.1, 0.15) is 27.3 Å². The molecule has 0 saturated carbocycles. The lowest BCUT2D eigenvalue weighted by Gasteiger charge is -2.09. The largest absolute Gasteiger partial charge is 0.348 e. The van der Waals surface area contributed by atoms with Gasteiger partial charge in [0.05, 0.1) is 22.4 Å². The fraction of sp³-hybridized carbons (Fsp3) is 0.167. The Morgan fingerprint density at radius 2 is 1.62 bits per heavy atom. The molecular formula is C18H15Cl2N3O. The second-order valence-electron chi connectivity index (χ2n) is 5.48. The average molecular weight is 360 g/mol. The predicted molar refractivity (Wildman–Crippen MR) is 96.6 cm³/mol. The van der Waals surface area contributed by atoms with Crippen molar-refractivity contribution in [2.75, 3.05) is 0 Å². The van der Waals surface area contributed by atoms with Gasteiger partial charge < -0.3 is 5.32 Å². The number of nitrogens with one attached hydrogen (secondary N) is 1. The van der Waals surface area contributed by atoms with Crippen LogP contribution < -0.4 is 5.32 Å². The van der Waals surface area contributed by atoms with Crippen LogP contribution in [0.15, 0.2) is 36.4 Å². The average Bonchev–Trinajstić information content (AvgIpc) is 2.55. The van der Waals surface area contributed by atoms with Gasteiger partial charge in [-0.05, 0) is 44.2 Å². The Morgan fingerprint density at radius 3 is 2.29 bits per heavy atom. The summed E-state index contributed by atoms with van der Waals surface area (Å²) in [7, 11) is 0. The van der Waals surface area contributed by atoms with E-state index in [1.807, 2.05) is 13.8 Å². The molecule has 24 heavy (non-hydrogen) atoms. The van der Waals surface area contributed by atoms with E-state index in [4.69, 9.17) is 23.2 Å². The molecule has 0 bridgehead atoms. The van der Waals surface area contributed by atoms with Gasteiger partial charge in [-0.1, -0.05) is 29.3 Å². The molecule has 0 aliphatic rings. The fourth-order valence-corrected chi connectivity index (χ4v) is 2.87. The van der Waals surface area contributed by atoms with Crippen LogP contribution in [0.5, 0.6) is 0 Å². The van der Waals surface area contributed by atoms with Gasteiger partial charge in [-0.15, -0.1) is 0 Å². The van der Waals surface area contributed by atoms with Crippen molar-refractivity contribution in [3.63, 3.8) is 0 Å². The Labute approximate surface area is 149 Å². The van der Waals surface area contributed by atoms with Gasteiger partial charge in [0.1, 0.15) is 0 Å². The van der Waals surface area contributed by atoms with Gasteiger partial charge in [-0.3, -0.25) is 4.79 Å². The number of halogens is 2. The smallest absolute Gasteiger partial charge is 0.251 e. The van der Waals surface area contributed by atoms with E-state index in [0.29, 0.717) is 26.7 Å². The van der Waals surface area contributed by atoms with E-state index in [0.717, 1.165) is 16.9 Å². The van der Waals surface area contributed by atoms with Crippen molar-refractivity contribution in [1.82, 2.24) is 15.3 Å². The maximum absolute atomic E-state index is 12.4. The second-order valence-corrected chi connectivity index (χ2v) is 6.30. The Kier molecular flexibility index (Phi) is 4.69. The maximum atomic E-state index is 12.4. The first-order chi connectivity index (χ1) is 11.5. The van der Waals surface area contributed by atoms with Crippen LogP contribution >= 0.6 is 23.2 Å². The molecule has 1 amide bonds. The number of aromatic nitrogens is 2. The molecule has 0 spiro atoms. The molecule has 1 N–H and O–H groups in total. The molecule has 122 valence electrons. The number of amides is 1. The SMILES string of the molecule is Cc1nc2ccc(C(=O)NCc3c(Cl)cccc3Cl)cc2nc1C. The Bertz CT molecular complexity index is 921. The third-order valence-corrected chi connectivity index (χ3v) is 4.53. The van der Waals surface area contributed by atoms with Gasteiger partial charge in [0.2, 0.25) is 0 Å². The molecule has 0 aliphatic heterocycles. The lowest BCUT2D eigenvalue weighted by molar-refractivity contribution is 0.0951. The summed E-state index contributed by atoms with van der Waals surface area (Å²) in [5.41, 5.74) is 4.41. The molecular weight excluding hydrogens is 345 g/mol. The lowest BCUT2D eigenvalue weighted by atomic mass is 10.1. The Morgan fingerprint density at radius 1 is 1.00 bits per heavy atom. The molecule has 3 rings (SSSR count). The van der Waals surface area contributed by atoms with Crippen LogP contribution in [0.25, 0.3) is 11.0 Å². The summed E-state index contributed by atoms with van der Waals surface area (Å²) in [6, 6.07) is 10.5. The van der Waals surface area contributed by atoms with Crippen LogP contribution in [0.4, 0.5) is 0 Å². The normalized spacial score (nSPS) is 10.8. The third-order valence-electron chi connectivity index (χ3n) is 3.82. The summed E-state index contributed by atoms with van der Waals surface area (Å²) in [5.74, 6) is -0.215.